The van der Waals surface area contributed by atoms with Gasteiger partial charge in [0.1, 0.15) is 11.0 Å². The second-order valence-electron chi connectivity index (χ2n) is 7.26. The fourth-order valence-corrected chi connectivity index (χ4v) is 4.38. The molecule has 0 amide bonds. The molecule has 1 aromatic rings. The molecule has 0 saturated heterocycles. The number of thiophene rings is 1. The van der Waals surface area contributed by atoms with Crippen LogP contribution < -0.4 is 0 Å². The van der Waals surface area contributed by atoms with Gasteiger partial charge >= 0.3 is 11.9 Å². The quantitative estimate of drug-likeness (QED) is 0.613. The van der Waals surface area contributed by atoms with Crippen LogP contribution in [0.5, 0.6) is 0 Å². The third-order valence-electron chi connectivity index (χ3n) is 5.17. The highest BCUT2D eigenvalue weighted by atomic mass is 32.1. The second-order valence-corrected chi connectivity index (χ2v) is 8.21. The number of cyclic esters (lactones) is 1. The zero-order valence-electron chi connectivity index (χ0n) is 15.5. The zero-order chi connectivity index (χ0) is 19.2. The Balaban J connectivity index is 1.69. The maximum absolute atomic E-state index is 12.2. The fraction of sp³-hybridized carbons (Fsp3) is 0.524. The van der Waals surface area contributed by atoms with Crippen molar-refractivity contribution < 1.29 is 24.2 Å². The lowest BCUT2D eigenvalue weighted by atomic mass is 9.90. The van der Waals surface area contributed by atoms with Crippen molar-refractivity contribution in [3.05, 3.63) is 46.7 Å². The van der Waals surface area contributed by atoms with E-state index in [1.54, 1.807) is 6.07 Å². The molecule has 1 aromatic heterocycles. The molecule has 146 valence electrons. The summed E-state index contributed by atoms with van der Waals surface area (Å²) >= 11 is 1.36. The molecule has 1 aliphatic carbocycles. The summed E-state index contributed by atoms with van der Waals surface area (Å²) in [7, 11) is 0. The Kier molecular flexibility index (Phi) is 6.85. The van der Waals surface area contributed by atoms with Gasteiger partial charge in [0.2, 0.25) is 0 Å². The number of fused-ring (bicyclic) bond motifs is 1. The highest BCUT2D eigenvalue weighted by Gasteiger charge is 2.38. The van der Waals surface area contributed by atoms with Crippen molar-refractivity contribution in [3.63, 3.8) is 0 Å². The average Bonchev–Trinajstić information content (AvgIpc) is 3.28. The number of rotatable bonds is 2. The number of carbonyl (C=O) groups excluding carboxylic acids is 2. The molecule has 27 heavy (non-hydrogen) atoms. The van der Waals surface area contributed by atoms with Crippen molar-refractivity contribution >= 4 is 23.3 Å². The van der Waals surface area contributed by atoms with Gasteiger partial charge in [0.05, 0.1) is 12.2 Å². The molecule has 0 bridgehead atoms. The molecule has 1 aliphatic heterocycles. The van der Waals surface area contributed by atoms with E-state index in [0.29, 0.717) is 17.7 Å². The Morgan fingerprint density at radius 3 is 2.96 bits per heavy atom. The van der Waals surface area contributed by atoms with Crippen LogP contribution in [-0.2, 0) is 14.3 Å². The highest BCUT2D eigenvalue weighted by Crippen LogP contribution is 2.38. The first-order valence-corrected chi connectivity index (χ1v) is 10.4. The van der Waals surface area contributed by atoms with E-state index in [1.807, 2.05) is 18.4 Å². The van der Waals surface area contributed by atoms with Crippen molar-refractivity contribution in [2.45, 2.75) is 57.3 Å². The van der Waals surface area contributed by atoms with E-state index >= 15 is 0 Å². The van der Waals surface area contributed by atoms with Gasteiger partial charge in [-0.3, -0.25) is 0 Å². The molecule has 0 unspecified atom stereocenters. The lowest BCUT2D eigenvalue weighted by Crippen LogP contribution is -2.22. The summed E-state index contributed by atoms with van der Waals surface area (Å²) in [6.45, 7) is 1.88. The topological polar surface area (TPSA) is 72.8 Å². The largest absolute Gasteiger partial charge is 0.460 e. The molecule has 5 nitrogen and oxygen atoms in total. The second kappa shape index (κ2) is 9.33. The van der Waals surface area contributed by atoms with Gasteiger partial charge in [-0.15, -0.1) is 11.3 Å². The molecule has 0 spiro atoms. The predicted octanol–water partition coefficient (Wildman–Crippen LogP) is 3.89. The number of hydrogen-bond acceptors (Lipinski definition) is 6. The standard InChI is InChI=1S/C21H26O5S/c1-14-6-3-2-4-7-15-12-16(26-21(24)19-8-5-11-27-19)13-17(15)18(22)9-10-20(23)25-14/h4-5,7-11,14-18,22H,2-3,6,12-13H2,1H3/b7-4+,10-9+/t14-,15+,16-,17+,18+/m0/s1. The van der Waals surface area contributed by atoms with E-state index in [-0.39, 0.29) is 30.0 Å². The molecule has 0 aromatic carbocycles. The maximum Gasteiger partial charge on any atom is 0.348 e. The van der Waals surface area contributed by atoms with Gasteiger partial charge in [-0.2, -0.15) is 0 Å². The Bertz CT molecular complexity index is 693. The maximum atomic E-state index is 12.2. The minimum Gasteiger partial charge on any atom is -0.460 e. The van der Waals surface area contributed by atoms with E-state index in [2.05, 4.69) is 12.2 Å². The van der Waals surface area contributed by atoms with Crippen molar-refractivity contribution in [2.75, 3.05) is 0 Å². The zero-order valence-corrected chi connectivity index (χ0v) is 16.3. The molecule has 2 aliphatic rings. The molecule has 5 atom stereocenters. The summed E-state index contributed by atoms with van der Waals surface area (Å²) in [5.41, 5.74) is 0. The van der Waals surface area contributed by atoms with Crippen molar-refractivity contribution in [1.82, 2.24) is 0 Å². The smallest absolute Gasteiger partial charge is 0.348 e. The third-order valence-corrected chi connectivity index (χ3v) is 6.02. The molecule has 0 radical (unpaired) electrons. The summed E-state index contributed by atoms with van der Waals surface area (Å²) in [4.78, 5) is 24.7. The van der Waals surface area contributed by atoms with Gasteiger partial charge in [-0.1, -0.05) is 18.2 Å². The number of allylic oxidation sites excluding steroid dienone is 2. The molecular formula is C21H26O5S. The van der Waals surface area contributed by atoms with E-state index in [1.165, 1.54) is 23.5 Å². The van der Waals surface area contributed by atoms with Crippen molar-refractivity contribution in [2.24, 2.45) is 11.8 Å². The van der Waals surface area contributed by atoms with Gasteiger partial charge in [-0.05, 0) is 68.4 Å². The van der Waals surface area contributed by atoms with Crippen molar-refractivity contribution in [3.8, 4) is 0 Å². The number of ether oxygens (including phenoxy) is 2. The lowest BCUT2D eigenvalue weighted by molar-refractivity contribution is -0.142. The molecule has 1 saturated carbocycles. The van der Waals surface area contributed by atoms with Crippen LogP contribution in [0.1, 0.15) is 48.7 Å². The van der Waals surface area contributed by atoms with Crippen LogP contribution in [0.2, 0.25) is 0 Å². The Morgan fingerprint density at radius 1 is 1.33 bits per heavy atom. The average molecular weight is 391 g/mol. The SMILES string of the molecule is C[C@H]1CCC/C=C/[C@@H]2C[C@H](OC(=O)c3cccs3)C[C@H]2[C@H](O)/C=C/C(=O)O1. The Hall–Kier alpha value is -1.92. The summed E-state index contributed by atoms with van der Waals surface area (Å²) in [6, 6.07) is 3.57. The number of hydrogen-bond donors (Lipinski definition) is 1. The van der Waals surface area contributed by atoms with Gasteiger partial charge < -0.3 is 14.6 Å². The molecule has 3 rings (SSSR count). The minimum absolute atomic E-state index is 0.0930. The van der Waals surface area contributed by atoms with Crippen LogP contribution in [0.15, 0.2) is 41.8 Å². The molecule has 1 N–H and O–H groups in total. The summed E-state index contributed by atoms with van der Waals surface area (Å²) in [5.74, 6) is -0.719. The first kappa shape index (κ1) is 19.8. The Morgan fingerprint density at radius 2 is 2.19 bits per heavy atom. The van der Waals surface area contributed by atoms with Crippen LogP contribution in [0, 0.1) is 11.8 Å². The molecule has 1 fully saturated rings. The molecular weight excluding hydrogens is 364 g/mol. The fourth-order valence-electron chi connectivity index (χ4n) is 3.78. The van der Waals surface area contributed by atoms with Crippen LogP contribution in [-0.4, -0.2) is 35.4 Å². The molecule has 2 heterocycles. The third kappa shape index (κ3) is 5.53. The van der Waals surface area contributed by atoms with Gasteiger partial charge in [0.15, 0.2) is 0 Å². The first-order chi connectivity index (χ1) is 13.0. The van der Waals surface area contributed by atoms with Crippen LogP contribution >= 0.6 is 11.3 Å². The normalized spacial score (nSPS) is 34.3. The summed E-state index contributed by atoms with van der Waals surface area (Å²) < 4.78 is 11.0. The highest BCUT2D eigenvalue weighted by molar-refractivity contribution is 7.11. The van der Waals surface area contributed by atoms with E-state index in [4.69, 9.17) is 9.47 Å². The number of aliphatic hydroxyl groups excluding tert-OH is 1. The Labute approximate surface area is 163 Å². The van der Waals surface area contributed by atoms with Gasteiger partial charge in [0.25, 0.3) is 0 Å². The first-order valence-electron chi connectivity index (χ1n) is 9.51. The minimum atomic E-state index is -0.784. The van der Waals surface area contributed by atoms with E-state index in [0.717, 1.165) is 19.3 Å². The predicted molar refractivity (Wildman–Crippen MR) is 103 cm³/mol. The number of esters is 2. The van der Waals surface area contributed by atoms with Gasteiger partial charge in [0, 0.05) is 6.08 Å². The lowest BCUT2D eigenvalue weighted by Gasteiger charge is -2.19. The van der Waals surface area contributed by atoms with Crippen LogP contribution in [0.4, 0.5) is 0 Å². The van der Waals surface area contributed by atoms with Crippen LogP contribution in [0.25, 0.3) is 0 Å². The number of aliphatic hydroxyl groups is 1. The van der Waals surface area contributed by atoms with Crippen molar-refractivity contribution in [1.29, 1.82) is 0 Å². The van der Waals surface area contributed by atoms with E-state index < -0.39 is 12.1 Å². The number of carbonyl (C=O) groups is 2. The van der Waals surface area contributed by atoms with Gasteiger partial charge in [-0.25, -0.2) is 9.59 Å². The van der Waals surface area contributed by atoms with Crippen LogP contribution in [0.3, 0.4) is 0 Å². The summed E-state index contributed by atoms with van der Waals surface area (Å²) in [6.07, 6.45) is 9.82. The molecule has 6 heteroatoms. The summed E-state index contributed by atoms with van der Waals surface area (Å²) in [5, 5.41) is 12.4. The van der Waals surface area contributed by atoms with E-state index in [9.17, 15) is 14.7 Å². The monoisotopic (exact) mass is 390 g/mol.